The molecule has 122 valence electrons. The number of hydrogen-bond acceptors (Lipinski definition) is 6. The van der Waals surface area contributed by atoms with Gasteiger partial charge in [-0.3, -0.25) is 4.52 Å². The first kappa shape index (κ1) is 14.5. The second-order valence-corrected chi connectivity index (χ2v) is 5.52. The Bertz CT molecular complexity index is 960. The minimum absolute atomic E-state index is 0.393. The smallest absolute Gasteiger partial charge is 0.446 e. The summed E-state index contributed by atoms with van der Waals surface area (Å²) >= 11 is 0. The number of hydrogen-bond donors (Lipinski definition) is 1. The average molecular weight is 325 g/mol. The molecule has 1 aliphatic heterocycles. The molecule has 1 aliphatic rings. The third kappa shape index (κ3) is 2.35. The number of ether oxygens (including phenoxy) is 2. The van der Waals surface area contributed by atoms with Crippen LogP contribution in [-0.2, 0) is 6.42 Å². The normalized spacial score (nSPS) is 15.5. The summed E-state index contributed by atoms with van der Waals surface area (Å²) in [5.41, 5.74) is 7.70. The first-order valence-electron chi connectivity index (χ1n) is 7.45. The molecule has 0 bridgehead atoms. The Kier molecular flexibility index (Phi) is 3.35. The summed E-state index contributed by atoms with van der Waals surface area (Å²) in [5, 5.41) is 3.75. The lowest BCUT2D eigenvalue weighted by Gasteiger charge is -2.21. The highest BCUT2D eigenvalue weighted by Crippen LogP contribution is 2.32. The summed E-state index contributed by atoms with van der Waals surface area (Å²) in [6.45, 7) is 0. The van der Waals surface area contributed by atoms with E-state index in [1.807, 2.05) is 24.3 Å². The van der Waals surface area contributed by atoms with Crippen LogP contribution < -0.4 is 21.0 Å². The molecular weight excluding hydrogens is 310 g/mol. The second-order valence-electron chi connectivity index (χ2n) is 5.52. The quantitative estimate of drug-likeness (QED) is 0.793. The Morgan fingerprint density at radius 2 is 2.00 bits per heavy atom. The van der Waals surface area contributed by atoms with E-state index in [0.29, 0.717) is 29.5 Å². The first-order chi connectivity index (χ1) is 11.7. The van der Waals surface area contributed by atoms with E-state index >= 15 is 0 Å². The van der Waals surface area contributed by atoms with E-state index in [4.69, 9.17) is 19.7 Å². The van der Waals surface area contributed by atoms with E-state index in [1.54, 1.807) is 25.3 Å². The molecule has 0 saturated carbocycles. The lowest BCUT2D eigenvalue weighted by atomic mass is 9.99. The SMILES string of the molecule is COc1cccc(Oc2ccc3c(c2)CC(N)c2noc(=O)n2-3)c1. The summed E-state index contributed by atoms with van der Waals surface area (Å²) in [6.07, 6.45) is 0.552. The van der Waals surface area contributed by atoms with Crippen molar-refractivity contribution in [3.05, 3.63) is 64.4 Å². The van der Waals surface area contributed by atoms with Gasteiger partial charge in [0.25, 0.3) is 0 Å². The Hall–Kier alpha value is -3.06. The maximum Gasteiger partial charge on any atom is 0.446 e. The Morgan fingerprint density at radius 3 is 2.83 bits per heavy atom. The zero-order valence-electron chi connectivity index (χ0n) is 12.9. The largest absolute Gasteiger partial charge is 0.497 e. The molecule has 0 amide bonds. The van der Waals surface area contributed by atoms with Crippen molar-refractivity contribution >= 4 is 0 Å². The van der Waals surface area contributed by atoms with Gasteiger partial charge in [-0.05, 0) is 42.3 Å². The number of rotatable bonds is 3. The van der Waals surface area contributed by atoms with Crippen molar-refractivity contribution in [2.45, 2.75) is 12.5 Å². The maximum atomic E-state index is 11.9. The van der Waals surface area contributed by atoms with Gasteiger partial charge in [0.1, 0.15) is 17.2 Å². The lowest BCUT2D eigenvalue weighted by Crippen LogP contribution is -2.28. The topological polar surface area (TPSA) is 92.5 Å². The maximum absolute atomic E-state index is 11.9. The van der Waals surface area contributed by atoms with Crippen LogP contribution in [0.5, 0.6) is 17.2 Å². The number of benzene rings is 2. The summed E-state index contributed by atoms with van der Waals surface area (Å²) in [5.74, 6) is 1.93. The van der Waals surface area contributed by atoms with E-state index < -0.39 is 11.8 Å². The van der Waals surface area contributed by atoms with Crippen molar-refractivity contribution in [2.75, 3.05) is 7.11 Å². The molecule has 0 fully saturated rings. The van der Waals surface area contributed by atoms with Gasteiger partial charge in [0.05, 0.1) is 18.8 Å². The molecule has 4 rings (SSSR count). The van der Waals surface area contributed by atoms with Crippen LogP contribution in [0.3, 0.4) is 0 Å². The summed E-state index contributed by atoms with van der Waals surface area (Å²) < 4.78 is 17.2. The van der Waals surface area contributed by atoms with Crippen molar-refractivity contribution in [1.82, 2.24) is 9.72 Å². The molecule has 24 heavy (non-hydrogen) atoms. The number of fused-ring (bicyclic) bond motifs is 3. The van der Waals surface area contributed by atoms with Crippen LogP contribution in [0.15, 0.2) is 51.8 Å². The molecule has 7 nitrogen and oxygen atoms in total. The second kappa shape index (κ2) is 5.54. The van der Waals surface area contributed by atoms with Gasteiger partial charge >= 0.3 is 5.76 Å². The fourth-order valence-electron chi connectivity index (χ4n) is 2.85. The summed E-state index contributed by atoms with van der Waals surface area (Å²) in [4.78, 5) is 11.9. The molecular formula is C17H15N3O4. The van der Waals surface area contributed by atoms with Crippen molar-refractivity contribution in [2.24, 2.45) is 5.73 Å². The highest BCUT2D eigenvalue weighted by molar-refractivity contribution is 5.50. The molecule has 7 heteroatoms. The van der Waals surface area contributed by atoms with Crippen LogP contribution in [0.1, 0.15) is 17.4 Å². The predicted molar refractivity (Wildman–Crippen MR) is 85.8 cm³/mol. The predicted octanol–water partition coefficient (Wildman–Crippen LogP) is 2.18. The van der Waals surface area contributed by atoms with Crippen LogP contribution in [0.25, 0.3) is 5.69 Å². The van der Waals surface area contributed by atoms with Gasteiger partial charge in [0.15, 0.2) is 5.82 Å². The monoisotopic (exact) mass is 325 g/mol. The summed E-state index contributed by atoms with van der Waals surface area (Å²) in [6, 6.07) is 12.4. The van der Waals surface area contributed by atoms with Gasteiger partial charge < -0.3 is 15.2 Å². The minimum atomic E-state index is -0.539. The van der Waals surface area contributed by atoms with Crippen molar-refractivity contribution < 1.29 is 14.0 Å². The number of nitrogens with two attached hydrogens (primary N) is 1. The zero-order valence-corrected chi connectivity index (χ0v) is 12.9. The van der Waals surface area contributed by atoms with Gasteiger partial charge in [-0.25, -0.2) is 9.36 Å². The fourth-order valence-corrected chi connectivity index (χ4v) is 2.85. The van der Waals surface area contributed by atoms with Crippen LogP contribution in [0.4, 0.5) is 0 Å². The van der Waals surface area contributed by atoms with Gasteiger partial charge in [0.2, 0.25) is 0 Å². The van der Waals surface area contributed by atoms with E-state index in [0.717, 1.165) is 11.3 Å². The summed E-state index contributed by atoms with van der Waals surface area (Å²) in [7, 11) is 1.60. The Morgan fingerprint density at radius 1 is 1.21 bits per heavy atom. The van der Waals surface area contributed by atoms with Gasteiger partial charge in [0, 0.05) is 6.07 Å². The van der Waals surface area contributed by atoms with Crippen LogP contribution >= 0.6 is 0 Å². The third-order valence-electron chi connectivity index (χ3n) is 3.97. The van der Waals surface area contributed by atoms with Crippen molar-refractivity contribution in [3.8, 4) is 22.9 Å². The van der Waals surface area contributed by atoms with E-state index in [9.17, 15) is 4.79 Å². The number of aromatic nitrogens is 2. The molecule has 1 aromatic heterocycles. The van der Waals surface area contributed by atoms with Gasteiger partial charge in [-0.15, -0.1) is 0 Å². The molecule has 1 unspecified atom stereocenters. The number of nitrogens with zero attached hydrogens (tertiary/aromatic N) is 2. The van der Waals surface area contributed by atoms with Crippen molar-refractivity contribution in [1.29, 1.82) is 0 Å². The molecule has 1 atom stereocenters. The van der Waals surface area contributed by atoms with Crippen LogP contribution in [0.2, 0.25) is 0 Å². The standard InChI is InChI=1S/C17H15N3O4/c1-22-11-3-2-4-12(9-11)23-13-5-6-15-10(7-13)8-14(18)16-19-24-17(21)20(15)16/h2-7,9,14H,8,18H2,1H3. The molecule has 0 aliphatic carbocycles. The number of methoxy groups -OCH3 is 1. The first-order valence-corrected chi connectivity index (χ1v) is 7.45. The van der Waals surface area contributed by atoms with E-state index in [2.05, 4.69) is 5.16 Å². The third-order valence-corrected chi connectivity index (χ3v) is 3.97. The van der Waals surface area contributed by atoms with Crippen LogP contribution in [-0.4, -0.2) is 16.8 Å². The van der Waals surface area contributed by atoms with E-state index in [-0.39, 0.29) is 0 Å². The highest BCUT2D eigenvalue weighted by Gasteiger charge is 2.27. The van der Waals surface area contributed by atoms with Gasteiger partial charge in [-0.1, -0.05) is 11.2 Å². The van der Waals surface area contributed by atoms with E-state index in [1.165, 1.54) is 4.57 Å². The molecule has 3 aromatic rings. The molecule has 2 N–H and O–H groups in total. The fraction of sp³-hybridized carbons (Fsp3) is 0.176. The van der Waals surface area contributed by atoms with Crippen LogP contribution in [0, 0.1) is 0 Å². The lowest BCUT2D eigenvalue weighted by molar-refractivity contribution is 0.376. The average Bonchev–Trinajstić information content (AvgIpc) is 2.98. The molecule has 0 spiro atoms. The molecule has 0 radical (unpaired) electrons. The zero-order chi connectivity index (χ0) is 16.7. The Labute approximate surface area is 137 Å². The molecule has 2 aromatic carbocycles. The minimum Gasteiger partial charge on any atom is -0.497 e. The molecule has 2 heterocycles. The Balaban J connectivity index is 1.71. The van der Waals surface area contributed by atoms with Crippen molar-refractivity contribution in [3.63, 3.8) is 0 Å². The molecule has 0 saturated heterocycles. The van der Waals surface area contributed by atoms with Gasteiger partial charge in [-0.2, -0.15) is 0 Å². The highest BCUT2D eigenvalue weighted by atomic mass is 16.5.